The molecule has 3 rings (SSSR count). The summed E-state index contributed by atoms with van der Waals surface area (Å²) in [7, 11) is 1.79. The summed E-state index contributed by atoms with van der Waals surface area (Å²) in [6.07, 6.45) is 4.22. The molecule has 2 N–H and O–H groups in total. The maximum absolute atomic E-state index is 10.5. The van der Waals surface area contributed by atoms with E-state index in [1.165, 1.54) is 0 Å². The Hall–Kier alpha value is -0.160. The van der Waals surface area contributed by atoms with Gasteiger partial charge in [0.15, 0.2) is 0 Å². The molecule has 4 heteroatoms. The van der Waals surface area contributed by atoms with E-state index in [0.29, 0.717) is 5.92 Å². The number of aliphatic hydroxyl groups is 2. The van der Waals surface area contributed by atoms with Gasteiger partial charge in [-0.15, -0.1) is 0 Å². The zero-order valence-electron chi connectivity index (χ0n) is 16.9. The second-order valence-electron chi connectivity index (χ2n) is 10.2. The predicted octanol–water partition coefficient (Wildman–Crippen LogP) is 3.39. The van der Waals surface area contributed by atoms with E-state index in [-0.39, 0.29) is 53.2 Å². The minimum atomic E-state index is -0.283. The minimum absolute atomic E-state index is 0.116. The molecule has 0 radical (unpaired) electrons. The zero-order valence-corrected chi connectivity index (χ0v) is 16.9. The monoisotopic (exact) mass is 354 g/mol. The van der Waals surface area contributed by atoms with Crippen molar-refractivity contribution in [3.63, 3.8) is 0 Å². The van der Waals surface area contributed by atoms with Gasteiger partial charge in [-0.3, -0.25) is 0 Å². The van der Waals surface area contributed by atoms with Crippen LogP contribution in [0.25, 0.3) is 0 Å². The summed E-state index contributed by atoms with van der Waals surface area (Å²) in [5.41, 5.74) is -0.167. The molecule has 9 unspecified atom stereocenters. The van der Waals surface area contributed by atoms with Crippen LogP contribution in [0.3, 0.4) is 0 Å². The van der Waals surface area contributed by atoms with Crippen molar-refractivity contribution in [3.8, 4) is 0 Å². The van der Waals surface area contributed by atoms with Gasteiger partial charge in [-0.1, -0.05) is 27.7 Å². The smallest absolute Gasteiger partial charge is 0.0717 e. The second kappa shape index (κ2) is 6.78. The normalized spacial score (nSPS) is 53.3. The van der Waals surface area contributed by atoms with E-state index in [9.17, 15) is 10.2 Å². The van der Waals surface area contributed by atoms with Crippen LogP contribution >= 0.6 is 0 Å². The number of hydrogen-bond acceptors (Lipinski definition) is 4. The summed E-state index contributed by atoms with van der Waals surface area (Å²) < 4.78 is 12.6. The van der Waals surface area contributed by atoms with E-state index < -0.39 is 0 Å². The van der Waals surface area contributed by atoms with E-state index >= 15 is 0 Å². The van der Waals surface area contributed by atoms with Crippen LogP contribution in [0.4, 0.5) is 0 Å². The van der Waals surface area contributed by atoms with Crippen molar-refractivity contribution < 1.29 is 19.7 Å². The second-order valence-corrected chi connectivity index (χ2v) is 10.2. The number of rotatable bonds is 2. The van der Waals surface area contributed by atoms with E-state index in [2.05, 4.69) is 34.6 Å². The van der Waals surface area contributed by atoms with Gasteiger partial charge in [0, 0.05) is 13.0 Å². The van der Waals surface area contributed by atoms with Crippen LogP contribution in [0.2, 0.25) is 0 Å². The first-order valence-electron chi connectivity index (χ1n) is 10.1. The van der Waals surface area contributed by atoms with E-state index in [0.717, 1.165) is 32.1 Å². The molecule has 1 aliphatic heterocycles. The van der Waals surface area contributed by atoms with Gasteiger partial charge in [-0.05, 0) is 62.2 Å². The van der Waals surface area contributed by atoms with E-state index in [4.69, 9.17) is 9.47 Å². The Morgan fingerprint density at radius 3 is 2.04 bits per heavy atom. The third kappa shape index (κ3) is 3.52. The van der Waals surface area contributed by atoms with Crippen LogP contribution in [0.1, 0.15) is 66.7 Å². The third-order valence-corrected chi connectivity index (χ3v) is 7.73. The van der Waals surface area contributed by atoms with Crippen molar-refractivity contribution in [2.45, 2.75) is 96.7 Å². The molecule has 0 amide bonds. The lowest BCUT2D eigenvalue weighted by Gasteiger charge is -2.59. The van der Waals surface area contributed by atoms with Crippen molar-refractivity contribution in [1.29, 1.82) is 0 Å². The quantitative estimate of drug-likeness (QED) is 0.798. The first-order valence-corrected chi connectivity index (χ1v) is 10.1. The molecule has 146 valence electrons. The maximum Gasteiger partial charge on any atom is 0.0717 e. The Labute approximate surface area is 153 Å². The SMILES string of the molecule is COC1CC(C)C(O)CC1C1(C)CC(C)(C)C2CC(O)C(C)CC2O1. The molecular weight excluding hydrogens is 316 g/mol. The first kappa shape index (κ1) is 19.6. The Morgan fingerprint density at radius 1 is 0.880 bits per heavy atom. The van der Waals surface area contributed by atoms with E-state index in [1.54, 1.807) is 7.11 Å². The van der Waals surface area contributed by atoms with Gasteiger partial charge >= 0.3 is 0 Å². The van der Waals surface area contributed by atoms with Crippen molar-refractivity contribution in [3.05, 3.63) is 0 Å². The minimum Gasteiger partial charge on any atom is -0.393 e. The largest absolute Gasteiger partial charge is 0.393 e. The molecule has 1 heterocycles. The lowest BCUT2D eigenvalue weighted by molar-refractivity contribution is -0.256. The Morgan fingerprint density at radius 2 is 1.44 bits per heavy atom. The van der Waals surface area contributed by atoms with Crippen LogP contribution in [0, 0.1) is 29.1 Å². The van der Waals surface area contributed by atoms with E-state index in [1.807, 2.05) is 0 Å². The molecule has 0 aromatic rings. The summed E-state index contributed by atoms with van der Waals surface area (Å²) in [5.74, 6) is 1.18. The summed E-state index contributed by atoms with van der Waals surface area (Å²) in [4.78, 5) is 0. The average molecular weight is 355 g/mol. The molecule has 3 fully saturated rings. The molecule has 0 aromatic heterocycles. The van der Waals surface area contributed by atoms with Gasteiger partial charge in [-0.25, -0.2) is 0 Å². The topological polar surface area (TPSA) is 58.9 Å². The number of hydrogen-bond donors (Lipinski definition) is 2. The van der Waals surface area contributed by atoms with Crippen LogP contribution in [-0.2, 0) is 9.47 Å². The van der Waals surface area contributed by atoms with Crippen LogP contribution < -0.4 is 0 Å². The summed E-state index contributed by atoms with van der Waals surface area (Å²) in [6.45, 7) is 11.1. The number of aliphatic hydroxyl groups excluding tert-OH is 2. The van der Waals surface area contributed by atoms with Crippen molar-refractivity contribution in [2.24, 2.45) is 29.1 Å². The molecule has 4 nitrogen and oxygen atoms in total. The van der Waals surface area contributed by atoms with Crippen LogP contribution in [-0.4, -0.2) is 47.3 Å². The molecule has 9 atom stereocenters. The Bertz CT molecular complexity index is 479. The first-order chi connectivity index (χ1) is 11.6. The van der Waals surface area contributed by atoms with Crippen molar-refractivity contribution in [1.82, 2.24) is 0 Å². The molecule has 0 aromatic carbocycles. The zero-order chi connectivity index (χ0) is 18.6. The highest BCUT2D eigenvalue weighted by molar-refractivity contribution is 5.05. The average Bonchev–Trinajstić information content (AvgIpc) is 2.51. The molecule has 3 aliphatic rings. The van der Waals surface area contributed by atoms with Crippen molar-refractivity contribution >= 4 is 0 Å². The summed E-state index contributed by atoms with van der Waals surface area (Å²) in [6, 6.07) is 0. The fraction of sp³-hybridized carbons (Fsp3) is 1.00. The molecular formula is C21H38O4. The molecule has 1 saturated heterocycles. The van der Waals surface area contributed by atoms with Gasteiger partial charge < -0.3 is 19.7 Å². The summed E-state index contributed by atoms with van der Waals surface area (Å²) >= 11 is 0. The Kier molecular flexibility index (Phi) is 5.31. The lowest BCUT2D eigenvalue weighted by atomic mass is 9.57. The van der Waals surface area contributed by atoms with Crippen molar-refractivity contribution in [2.75, 3.05) is 7.11 Å². The molecule has 25 heavy (non-hydrogen) atoms. The van der Waals surface area contributed by atoms with Gasteiger partial charge in [-0.2, -0.15) is 0 Å². The van der Waals surface area contributed by atoms with Gasteiger partial charge in [0.2, 0.25) is 0 Å². The molecule has 0 bridgehead atoms. The van der Waals surface area contributed by atoms with Crippen LogP contribution in [0.15, 0.2) is 0 Å². The standard InChI is InChI=1S/C21H38O4/c1-12-7-18(24-6)15(10-17(12)23)21(5)11-20(3,4)14-9-16(22)13(2)8-19(14)25-21/h12-19,22-23H,7-11H2,1-6H3. The summed E-state index contributed by atoms with van der Waals surface area (Å²) in [5, 5.41) is 20.9. The van der Waals surface area contributed by atoms with Gasteiger partial charge in [0.25, 0.3) is 0 Å². The highest BCUT2D eigenvalue weighted by Crippen LogP contribution is 2.55. The number of ether oxygens (including phenoxy) is 2. The highest BCUT2D eigenvalue weighted by Gasteiger charge is 2.56. The molecule has 2 saturated carbocycles. The molecule has 2 aliphatic carbocycles. The third-order valence-electron chi connectivity index (χ3n) is 7.73. The van der Waals surface area contributed by atoms with Gasteiger partial charge in [0.05, 0.1) is 30.0 Å². The lowest BCUT2D eigenvalue weighted by Crippen LogP contribution is -2.61. The van der Waals surface area contributed by atoms with Crippen LogP contribution in [0.5, 0.6) is 0 Å². The fourth-order valence-electron chi connectivity index (χ4n) is 6.16. The number of methoxy groups -OCH3 is 1. The predicted molar refractivity (Wildman–Crippen MR) is 98.3 cm³/mol. The fourth-order valence-corrected chi connectivity index (χ4v) is 6.16. The van der Waals surface area contributed by atoms with Gasteiger partial charge in [0.1, 0.15) is 0 Å². The highest BCUT2D eigenvalue weighted by atomic mass is 16.5. The number of fused-ring (bicyclic) bond motifs is 1. The maximum atomic E-state index is 10.5. The Balaban J connectivity index is 1.86. The molecule has 0 spiro atoms.